The maximum Gasteiger partial charge on any atom is 0.239 e. The molecule has 118 valence electrons. The van der Waals surface area contributed by atoms with Gasteiger partial charge in [0.25, 0.3) is 0 Å². The molecule has 1 aromatic carbocycles. The molecule has 21 heavy (non-hydrogen) atoms. The van der Waals surface area contributed by atoms with Crippen LogP contribution >= 0.6 is 23.2 Å². The van der Waals surface area contributed by atoms with Crippen LogP contribution in [0.15, 0.2) is 18.2 Å². The van der Waals surface area contributed by atoms with Gasteiger partial charge in [-0.1, -0.05) is 36.2 Å². The summed E-state index contributed by atoms with van der Waals surface area (Å²) < 4.78 is 0. The maximum atomic E-state index is 12.3. The summed E-state index contributed by atoms with van der Waals surface area (Å²) in [6.45, 7) is 9.42. The predicted molar refractivity (Wildman–Crippen MR) is 90.0 cm³/mol. The second-order valence-corrected chi connectivity index (χ2v) is 5.85. The van der Waals surface area contributed by atoms with E-state index >= 15 is 0 Å². The molecule has 1 amide bonds. The van der Waals surface area contributed by atoms with Gasteiger partial charge in [-0.25, -0.2) is 0 Å². The fourth-order valence-corrected chi connectivity index (χ4v) is 2.67. The summed E-state index contributed by atoms with van der Waals surface area (Å²) in [4.78, 5) is 14.2. The zero-order valence-electron chi connectivity index (χ0n) is 13.1. The third kappa shape index (κ3) is 4.87. The van der Waals surface area contributed by atoms with Crippen LogP contribution in [0.5, 0.6) is 0 Å². The molecule has 1 aromatic rings. The number of carbonyl (C=O) groups excluding carboxylic acids is 1. The molecule has 0 aliphatic rings. The minimum atomic E-state index is -0.232. The fraction of sp³-hybridized carbons (Fsp3) is 0.562. The van der Waals surface area contributed by atoms with Crippen molar-refractivity contribution in [3.63, 3.8) is 0 Å². The summed E-state index contributed by atoms with van der Waals surface area (Å²) in [6.07, 6.45) is 0.869. The van der Waals surface area contributed by atoms with Gasteiger partial charge in [-0.3, -0.25) is 10.1 Å². The van der Waals surface area contributed by atoms with Gasteiger partial charge in [0, 0.05) is 19.1 Å². The van der Waals surface area contributed by atoms with E-state index in [-0.39, 0.29) is 18.0 Å². The molecule has 0 bridgehead atoms. The summed E-state index contributed by atoms with van der Waals surface area (Å²) >= 11 is 12.0. The average molecular weight is 331 g/mol. The first-order valence-electron chi connectivity index (χ1n) is 7.44. The molecule has 0 fully saturated rings. The highest BCUT2D eigenvalue weighted by Gasteiger charge is 2.21. The number of amides is 1. The number of hydrogen-bond donors (Lipinski definition) is 1. The molecule has 0 spiro atoms. The minimum absolute atomic E-state index is 0.0780. The van der Waals surface area contributed by atoms with Crippen LogP contribution in [0, 0.1) is 0 Å². The van der Waals surface area contributed by atoms with Gasteiger partial charge in [0.05, 0.1) is 16.1 Å². The zero-order chi connectivity index (χ0) is 16.0. The van der Waals surface area contributed by atoms with Crippen molar-refractivity contribution in [2.45, 2.75) is 46.2 Å². The molecular formula is C16H24Cl2N2O. The summed E-state index contributed by atoms with van der Waals surface area (Å²) in [6, 6.07) is 5.45. The number of halogens is 2. The SMILES string of the molecule is CCC(NC(C)C(=O)N(CC)CC)c1ccc(Cl)c(Cl)c1. The third-order valence-corrected chi connectivity index (χ3v) is 4.39. The lowest BCUT2D eigenvalue weighted by molar-refractivity contribution is -0.132. The largest absolute Gasteiger partial charge is 0.342 e. The Hall–Kier alpha value is -0.770. The monoisotopic (exact) mass is 330 g/mol. The van der Waals surface area contributed by atoms with Crippen LogP contribution in [0.25, 0.3) is 0 Å². The lowest BCUT2D eigenvalue weighted by Gasteiger charge is -2.27. The molecule has 1 N–H and O–H groups in total. The normalized spacial score (nSPS) is 13.8. The Morgan fingerprint density at radius 3 is 2.29 bits per heavy atom. The van der Waals surface area contributed by atoms with Gasteiger partial charge < -0.3 is 4.90 Å². The molecule has 2 atom stereocenters. The van der Waals surface area contributed by atoms with Crippen LogP contribution in [0.2, 0.25) is 10.0 Å². The fourth-order valence-electron chi connectivity index (χ4n) is 2.36. The van der Waals surface area contributed by atoms with Gasteiger partial charge in [0.2, 0.25) is 5.91 Å². The second-order valence-electron chi connectivity index (χ2n) is 5.03. The Morgan fingerprint density at radius 1 is 1.19 bits per heavy atom. The van der Waals surface area contributed by atoms with Gasteiger partial charge >= 0.3 is 0 Å². The standard InChI is InChI=1S/C16H24Cl2N2O/c1-5-15(12-8-9-13(17)14(18)10-12)19-11(4)16(21)20(6-2)7-3/h8-11,15,19H,5-7H2,1-4H3. The lowest BCUT2D eigenvalue weighted by Crippen LogP contribution is -2.45. The number of nitrogens with zero attached hydrogens (tertiary/aromatic N) is 1. The molecule has 2 unspecified atom stereocenters. The van der Waals surface area contributed by atoms with Crippen LogP contribution in [0.4, 0.5) is 0 Å². The van der Waals surface area contributed by atoms with E-state index in [2.05, 4.69) is 12.2 Å². The Kier molecular flexibility index (Phi) is 7.50. The van der Waals surface area contributed by atoms with Crippen molar-refractivity contribution in [1.29, 1.82) is 0 Å². The third-order valence-electron chi connectivity index (χ3n) is 3.65. The summed E-state index contributed by atoms with van der Waals surface area (Å²) in [5.74, 6) is 0.124. The smallest absolute Gasteiger partial charge is 0.239 e. The number of rotatable bonds is 7. The van der Waals surface area contributed by atoms with E-state index in [0.29, 0.717) is 10.0 Å². The Balaban J connectivity index is 2.81. The maximum absolute atomic E-state index is 12.3. The van der Waals surface area contributed by atoms with E-state index < -0.39 is 0 Å². The van der Waals surface area contributed by atoms with Crippen molar-refractivity contribution < 1.29 is 4.79 Å². The summed E-state index contributed by atoms with van der Waals surface area (Å²) in [5.41, 5.74) is 1.05. The van der Waals surface area contributed by atoms with Crippen molar-refractivity contribution in [2.75, 3.05) is 13.1 Å². The molecule has 0 saturated heterocycles. The van der Waals surface area contributed by atoms with E-state index in [1.54, 1.807) is 6.07 Å². The highest BCUT2D eigenvalue weighted by molar-refractivity contribution is 6.42. The number of benzene rings is 1. The Labute approximate surface area is 137 Å². The topological polar surface area (TPSA) is 32.3 Å². The van der Waals surface area contributed by atoms with Crippen LogP contribution in [0.3, 0.4) is 0 Å². The van der Waals surface area contributed by atoms with E-state index in [1.165, 1.54) is 0 Å². The molecule has 0 heterocycles. The second kappa shape index (κ2) is 8.62. The molecule has 0 aliphatic carbocycles. The van der Waals surface area contributed by atoms with Crippen LogP contribution < -0.4 is 5.32 Å². The molecule has 3 nitrogen and oxygen atoms in total. The molecule has 0 saturated carbocycles. The van der Waals surface area contributed by atoms with Gasteiger partial charge in [-0.05, 0) is 44.9 Å². The Morgan fingerprint density at radius 2 is 1.81 bits per heavy atom. The summed E-state index contributed by atoms with van der Waals surface area (Å²) in [7, 11) is 0. The van der Waals surface area contributed by atoms with Crippen molar-refractivity contribution in [3.05, 3.63) is 33.8 Å². The summed E-state index contributed by atoms with van der Waals surface area (Å²) in [5, 5.41) is 4.47. The lowest BCUT2D eigenvalue weighted by atomic mass is 10.0. The van der Waals surface area contributed by atoms with Gasteiger partial charge in [0.15, 0.2) is 0 Å². The quantitative estimate of drug-likeness (QED) is 0.808. The van der Waals surface area contributed by atoms with Crippen LogP contribution in [-0.2, 0) is 4.79 Å². The van der Waals surface area contributed by atoms with Gasteiger partial charge in [-0.2, -0.15) is 0 Å². The zero-order valence-corrected chi connectivity index (χ0v) is 14.6. The molecule has 5 heteroatoms. The van der Waals surface area contributed by atoms with Crippen molar-refractivity contribution in [2.24, 2.45) is 0 Å². The Bertz CT molecular complexity index is 475. The predicted octanol–water partition coefficient (Wildman–Crippen LogP) is 4.29. The molecule has 0 aromatic heterocycles. The van der Waals surface area contributed by atoms with Gasteiger partial charge in [0.1, 0.15) is 0 Å². The van der Waals surface area contributed by atoms with Crippen LogP contribution in [-0.4, -0.2) is 29.9 Å². The van der Waals surface area contributed by atoms with Crippen molar-refractivity contribution in [3.8, 4) is 0 Å². The minimum Gasteiger partial charge on any atom is -0.342 e. The van der Waals surface area contributed by atoms with Gasteiger partial charge in [-0.15, -0.1) is 0 Å². The first-order valence-corrected chi connectivity index (χ1v) is 8.19. The van der Waals surface area contributed by atoms with E-state index in [0.717, 1.165) is 25.1 Å². The molecule has 0 aliphatic heterocycles. The van der Waals surface area contributed by atoms with E-state index in [4.69, 9.17) is 23.2 Å². The van der Waals surface area contributed by atoms with E-state index in [1.807, 2.05) is 37.8 Å². The number of likely N-dealkylation sites (N-methyl/N-ethyl adjacent to an activating group) is 1. The highest BCUT2D eigenvalue weighted by Crippen LogP contribution is 2.27. The van der Waals surface area contributed by atoms with Crippen molar-refractivity contribution in [1.82, 2.24) is 10.2 Å². The molecule has 0 radical (unpaired) electrons. The molecule has 1 rings (SSSR count). The average Bonchev–Trinajstić information content (AvgIpc) is 2.48. The van der Waals surface area contributed by atoms with Crippen molar-refractivity contribution >= 4 is 29.1 Å². The number of carbonyl (C=O) groups is 1. The molecular weight excluding hydrogens is 307 g/mol. The van der Waals surface area contributed by atoms with E-state index in [9.17, 15) is 4.79 Å². The van der Waals surface area contributed by atoms with Crippen LogP contribution in [0.1, 0.15) is 45.7 Å². The number of nitrogens with one attached hydrogen (secondary N) is 1. The highest BCUT2D eigenvalue weighted by atomic mass is 35.5. The number of hydrogen-bond acceptors (Lipinski definition) is 2. The first-order chi connectivity index (χ1) is 9.94. The first kappa shape index (κ1) is 18.3.